The normalized spacial score (nSPS) is 34.6. The molecule has 2 nitrogen and oxygen atoms in total. The van der Waals surface area contributed by atoms with Gasteiger partial charge < -0.3 is 4.74 Å². The lowest BCUT2D eigenvalue weighted by molar-refractivity contribution is -0.140. The van der Waals surface area contributed by atoms with Crippen molar-refractivity contribution in [2.24, 2.45) is 52.3 Å². The Labute approximate surface area is 255 Å². The maximum atomic E-state index is 13.3. The number of carbonyl (C=O) groups excluding carboxylic acids is 1. The summed E-state index contributed by atoms with van der Waals surface area (Å²) in [6.45, 7) is 12.5. The summed E-state index contributed by atoms with van der Waals surface area (Å²) >= 11 is 0. The lowest BCUT2D eigenvalue weighted by Crippen LogP contribution is -2.50. The van der Waals surface area contributed by atoms with Crippen LogP contribution < -0.4 is 4.74 Å². The fraction of sp³-hybridized carbons (Fsp3) is 0.625. The number of benzene rings is 2. The summed E-state index contributed by atoms with van der Waals surface area (Å²) in [6, 6.07) is 18.3. The first-order valence-electron chi connectivity index (χ1n) is 17.3. The van der Waals surface area contributed by atoms with Gasteiger partial charge in [-0.05, 0) is 121 Å². The molecule has 4 aliphatic carbocycles. The number of allylic oxidation sites excluding steroid dienone is 2. The number of carbonyl (C=O) groups is 1. The largest absolute Gasteiger partial charge is 0.426 e. The Morgan fingerprint density at radius 2 is 1.60 bits per heavy atom. The van der Waals surface area contributed by atoms with Crippen LogP contribution in [-0.4, -0.2) is 5.97 Å². The highest BCUT2D eigenvalue weighted by molar-refractivity contribution is 5.76. The van der Waals surface area contributed by atoms with E-state index < -0.39 is 0 Å². The Bertz CT molecular complexity index is 1260. The molecule has 3 saturated carbocycles. The highest BCUT2D eigenvalue weighted by Crippen LogP contribution is 2.67. The van der Waals surface area contributed by atoms with Gasteiger partial charge in [0.05, 0.1) is 5.92 Å². The van der Waals surface area contributed by atoms with Gasteiger partial charge in [0.1, 0.15) is 5.75 Å². The molecule has 8 atom stereocenters. The Morgan fingerprint density at radius 3 is 2.33 bits per heavy atom. The van der Waals surface area contributed by atoms with Gasteiger partial charge in [-0.2, -0.15) is 0 Å². The van der Waals surface area contributed by atoms with Gasteiger partial charge in [0.2, 0.25) is 0 Å². The van der Waals surface area contributed by atoms with Gasteiger partial charge in [-0.1, -0.05) is 108 Å². The van der Waals surface area contributed by atoms with Crippen molar-refractivity contribution in [2.75, 3.05) is 0 Å². The molecule has 2 aromatic rings. The van der Waals surface area contributed by atoms with Gasteiger partial charge >= 0.3 is 5.97 Å². The first-order chi connectivity index (χ1) is 20.2. The molecule has 2 aromatic carbocycles. The number of hydrogen-bond acceptors (Lipinski definition) is 2. The minimum atomic E-state index is -0.0474. The molecule has 3 fully saturated rings. The minimum absolute atomic E-state index is 0.0221. The fourth-order valence-corrected chi connectivity index (χ4v) is 10.4. The fourth-order valence-electron chi connectivity index (χ4n) is 10.4. The number of esters is 1. The van der Waals surface area contributed by atoms with Gasteiger partial charge in [0.25, 0.3) is 0 Å². The molecule has 0 amide bonds. The zero-order chi connectivity index (χ0) is 29.5. The highest BCUT2D eigenvalue weighted by atomic mass is 16.5. The molecule has 0 heterocycles. The van der Waals surface area contributed by atoms with Crippen molar-refractivity contribution in [1.82, 2.24) is 0 Å². The number of ether oxygens (including phenoxy) is 1. The second-order valence-corrected chi connectivity index (χ2v) is 15.5. The molecule has 0 bridgehead atoms. The van der Waals surface area contributed by atoms with Crippen molar-refractivity contribution < 1.29 is 9.53 Å². The van der Waals surface area contributed by atoms with Gasteiger partial charge in [-0.25, -0.2) is 0 Å². The van der Waals surface area contributed by atoms with E-state index in [-0.39, 0.29) is 17.3 Å². The number of rotatable bonds is 8. The second-order valence-electron chi connectivity index (χ2n) is 15.5. The standard InChI is InChI=1S/C40H54O2/c1-27(2)10-9-11-28(3)35-20-21-36-34-19-16-32-26-31(22-24-39(32,4)37(34)23-25-40(35,36)5)38(41)42-33-17-14-30(15-18-33)29-12-7-6-8-13-29/h6-8,12-18,27-28,31,34-37H,9-11,19-26H2,1-5H3/t28-,31+,34+,35-,36+,37+,39+,40-/m1/s1. The summed E-state index contributed by atoms with van der Waals surface area (Å²) in [4.78, 5) is 13.3. The quantitative estimate of drug-likeness (QED) is 0.180. The summed E-state index contributed by atoms with van der Waals surface area (Å²) in [5, 5.41) is 0. The summed E-state index contributed by atoms with van der Waals surface area (Å²) in [5.74, 6) is 5.67. The molecule has 0 saturated heterocycles. The third-order valence-corrected chi connectivity index (χ3v) is 12.8. The SMILES string of the molecule is CC(C)CCC[C@@H](C)[C@H]1CC[C@H]2[C@@H]3CC=C4C[C@@H](C(=O)Oc5ccc(-c6ccccc6)cc5)CC[C@]4(C)[C@H]3CC[C@]12C. The molecule has 0 unspecified atom stereocenters. The summed E-state index contributed by atoms with van der Waals surface area (Å²) in [5.41, 5.74) is 4.67. The van der Waals surface area contributed by atoms with Crippen molar-refractivity contribution in [1.29, 1.82) is 0 Å². The van der Waals surface area contributed by atoms with E-state index in [1.807, 2.05) is 18.2 Å². The van der Waals surface area contributed by atoms with Crippen LogP contribution in [-0.2, 0) is 4.79 Å². The van der Waals surface area contributed by atoms with Crippen molar-refractivity contribution in [2.45, 2.75) is 105 Å². The van der Waals surface area contributed by atoms with Crippen LogP contribution in [0.1, 0.15) is 105 Å². The zero-order valence-electron chi connectivity index (χ0n) is 26.9. The minimum Gasteiger partial charge on any atom is -0.426 e. The third kappa shape index (κ3) is 5.53. The van der Waals surface area contributed by atoms with Crippen LogP contribution in [0, 0.1) is 52.3 Å². The Balaban J connectivity index is 1.09. The molecule has 0 N–H and O–H groups in total. The third-order valence-electron chi connectivity index (χ3n) is 12.8. The maximum absolute atomic E-state index is 13.3. The molecule has 0 spiro atoms. The van der Waals surface area contributed by atoms with Gasteiger partial charge in [-0.3, -0.25) is 4.79 Å². The van der Waals surface area contributed by atoms with E-state index >= 15 is 0 Å². The average Bonchev–Trinajstić information content (AvgIpc) is 3.34. The van der Waals surface area contributed by atoms with E-state index in [0.29, 0.717) is 11.2 Å². The molecule has 0 radical (unpaired) electrons. The molecule has 6 rings (SSSR count). The topological polar surface area (TPSA) is 26.3 Å². The average molecular weight is 567 g/mol. The van der Waals surface area contributed by atoms with Gasteiger partial charge in [0, 0.05) is 0 Å². The maximum Gasteiger partial charge on any atom is 0.314 e. The smallest absolute Gasteiger partial charge is 0.314 e. The van der Waals surface area contributed by atoms with E-state index in [0.717, 1.165) is 60.3 Å². The number of fused-ring (bicyclic) bond motifs is 5. The lowest BCUT2D eigenvalue weighted by atomic mass is 9.46. The lowest BCUT2D eigenvalue weighted by Gasteiger charge is -2.58. The Kier molecular flexibility index (Phi) is 8.47. The van der Waals surface area contributed by atoms with E-state index in [4.69, 9.17) is 4.74 Å². The molecular formula is C40H54O2. The van der Waals surface area contributed by atoms with Crippen LogP contribution in [0.15, 0.2) is 66.2 Å². The van der Waals surface area contributed by atoms with Crippen molar-refractivity contribution in [3.8, 4) is 16.9 Å². The highest BCUT2D eigenvalue weighted by Gasteiger charge is 2.59. The van der Waals surface area contributed by atoms with E-state index in [9.17, 15) is 4.79 Å². The number of hydrogen-bond donors (Lipinski definition) is 0. The molecular weight excluding hydrogens is 512 g/mol. The van der Waals surface area contributed by atoms with Gasteiger partial charge in [-0.15, -0.1) is 0 Å². The van der Waals surface area contributed by atoms with Crippen molar-refractivity contribution >= 4 is 5.97 Å². The molecule has 0 aromatic heterocycles. The second kappa shape index (κ2) is 12.0. The summed E-state index contributed by atoms with van der Waals surface area (Å²) in [7, 11) is 0. The predicted octanol–water partition coefficient (Wildman–Crippen LogP) is 10.9. The first-order valence-corrected chi connectivity index (χ1v) is 17.3. The van der Waals surface area contributed by atoms with Crippen LogP contribution in [0.4, 0.5) is 0 Å². The zero-order valence-corrected chi connectivity index (χ0v) is 26.9. The van der Waals surface area contributed by atoms with E-state index in [2.05, 4.69) is 77.1 Å². The van der Waals surface area contributed by atoms with Crippen LogP contribution in [0.2, 0.25) is 0 Å². The van der Waals surface area contributed by atoms with Crippen molar-refractivity contribution in [3.63, 3.8) is 0 Å². The van der Waals surface area contributed by atoms with Crippen LogP contribution in [0.5, 0.6) is 5.75 Å². The Hall–Kier alpha value is -2.35. The first kappa shape index (κ1) is 29.7. The van der Waals surface area contributed by atoms with Crippen LogP contribution in [0.3, 0.4) is 0 Å². The van der Waals surface area contributed by atoms with E-state index in [1.54, 1.807) is 5.57 Å². The summed E-state index contributed by atoms with van der Waals surface area (Å²) < 4.78 is 5.94. The molecule has 0 aliphatic heterocycles. The Morgan fingerprint density at radius 1 is 0.857 bits per heavy atom. The van der Waals surface area contributed by atoms with Crippen LogP contribution >= 0.6 is 0 Å². The van der Waals surface area contributed by atoms with E-state index in [1.165, 1.54) is 56.9 Å². The molecule has 42 heavy (non-hydrogen) atoms. The van der Waals surface area contributed by atoms with Crippen LogP contribution in [0.25, 0.3) is 11.1 Å². The van der Waals surface area contributed by atoms with Crippen molar-refractivity contribution in [3.05, 3.63) is 66.2 Å². The molecule has 4 aliphatic rings. The summed E-state index contributed by atoms with van der Waals surface area (Å²) in [6.07, 6.45) is 16.7. The monoisotopic (exact) mass is 566 g/mol. The molecule has 2 heteroatoms. The van der Waals surface area contributed by atoms with Gasteiger partial charge in [0.15, 0.2) is 0 Å². The molecule has 226 valence electrons. The predicted molar refractivity (Wildman–Crippen MR) is 174 cm³/mol.